The summed E-state index contributed by atoms with van der Waals surface area (Å²) in [6, 6.07) is 62.7. The molecule has 0 saturated heterocycles. The fraction of sp³-hybridized carbons (Fsp3) is 0.161. The van der Waals surface area contributed by atoms with Crippen molar-refractivity contribution in [1.82, 2.24) is 0 Å². The number of rotatable bonds is 12. The van der Waals surface area contributed by atoms with E-state index in [1.807, 2.05) is 0 Å². The number of benzene rings is 10. The molecular formula is C62H52N2O2. The second kappa shape index (κ2) is 16.2. The SMILES string of the molecule is CCCCc1cccc2c1oc1c(N(c3cccc(C)c3)c3ccc4ccc5c(N(c6cccc(C)c6)c6cccc7c6oc6c(CCCC)cccc67)ccc6ccc3c4c65)cccc12. The Labute approximate surface area is 385 Å². The molecule has 2 heterocycles. The van der Waals surface area contributed by atoms with Crippen LogP contribution in [0.2, 0.25) is 0 Å². The zero-order valence-electron chi connectivity index (χ0n) is 38.1. The van der Waals surface area contributed by atoms with Gasteiger partial charge in [-0.2, -0.15) is 0 Å². The maximum absolute atomic E-state index is 7.04. The molecule has 0 aliphatic heterocycles. The molecule has 0 N–H and O–H groups in total. The molecule has 12 aromatic rings. The van der Waals surface area contributed by atoms with E-state index in [9.17, 15) is 0 Å². The van der Waals surface area contributed by atoms with Crippen molar-refractivity contribution in [3.8, 4) is 0 Å². The van der Waals surface area contributed by atoms with Crippen LogP contribution >= 0.6 is 0 Å². The molecule has 2 aromatic heterocycles. The molecule has 0 atom stereocenters. The Morgan fingerprint density at radius 1 is 0.364 bits per heavy atom. The normalized spacial score (nSPS) is 12.0. The molecule has 0 aliphatic carbocycles. The van der Waals surface area contributed by atoms with Crippen molar-refractivity contribution in [3.63, 3.8) is 0 Å². The largest absolute Gasteiger partial charge is 0.454 e. The van der Waals surface area contributed by atoms with Gasteiger partial charge in [-0.05, 0) is 132 Å². The van der Waals surface area contributed by atoms with E-state index < -0.39 is 0 Å². The van der Waals surface area contributed by atoms with E-state index in [1.54, 1.807) is 0 Å². The van der Waals surface area contributed by atoms with Gasteiger partial charge in [0.25, 0.3) is 0 Å². The molecule has 12 rings (SSSR count). The molecule has 0 saturated carbocycles. The third-order valence-electron chi connectivity index (χ3n) is 13.9. The molecule has 66 heavy (non-hydrogen) atoms. The van der Waals surface area contributed by atoms with Crippen molar-refractivity contribution in [3.05, 3.63) is 192 Å². The van der Waals surface area contributed by atoms with Crippen LogP contribution in [0.1, 0.15) is 61.8 Å². The number of anilines is 6. The van der Waals surface area contributed by atoms with E-state index in [1.165, 1.54) is 65.3 Å². The number of unbranched alkanes of at least 4 members (excludes halogenated alkanes) is 2. The first-order valence-corrected chi connectivity index (χ1v) is 23.8. The Balaban J connectivity index is 1.10. The molecular weight excluding hydrogens is 805 g/mol. The Morgan fingerprint density at radius 3 is 1.18 bits per heavy atom. The van der Waals surface area contributed by atoms with E-state index in [2.05, 4.69) is 207 Å². The summed E-state index contributed by atoms with van der Waals surface area (Å²) in [4.78, 5) is 4.85. The van der Waals surface area contributed by atoms with E-state index >= 15 is 0 Å². The molecule has 0 spiro atoms. The highest BCUT2D eigenvalue weighted by Crippen LogP contribution is 2.50. The average molecular weight is 857 g/mol. The molecule has 0 amide bonds. The van der Waals surface area contributed by atoms with E-state index in [-0.39, 0.29) is 0 Å². The van der Waals surface area contributed by atoms with Crippen molar-refractivity contribution in [2.75, 3.05) is 9.80 Å². The third-order valence-corrected chi connectivity index (χ3v) is 13.9. The van der Waals surface area contributed by atoms with Gasteiger partial charge < -0.3 is 18.6 Å². The van der Waals surface area contributed by atoms with Gasteiger partial charge in [-0.3, -0.25) is 0 Å². The lowest BCUT2D eigenvalue weighted by Gasteiger charge is -2.29. The number of hydrogen-bond donors (Lipinski definition) is 0. The van der Waals surface area contributed by atoms with Gasteiger partial charge >= 0.3 is 0 Å². The highest BCUT2D eigenvalue weighted by molar-refractivity contribution is 6.28. The summed E-state index contributed by atoms with van der Waals surface area (Å²) >= 11 is 0. The minimum Gasteiger partial charge on any atom is -0.454 e. The monoisotopic (exact) mass is 856 g/mol. The number of aryl methyl sites for hydroxylation is 4. The minimum absolute atomic E-state index is 0.900. The summed E-state index contributed by atoms with van der Waals surface area (Å²) < 4.78 is 14.1. The zero-order chi connectivity index (χ0) is 44.5. The van der Waals surface area contributed by atoms with Gasteiger partial charge in [-0.25, -0.2) is 0 Å². The van der Waals surface area contributed by atoms with Crippen molar-refractivity contribution >= 4 is 110 Å². The van der Waals surface area contributed by atoms with Crippen LogP contribution in [0.15, 0.2) is 179 Å². The van der Waals surface area contributed by atoms with Crippen LogP contribution in [0.4, 0.5) is 34.1 Å². The first kappa shape index (κ1) is 40.0. The lowest BCUT2D eigenvalue weighted by molar-refractivity contribution is 0.658. The number of hydrogen-bond acceptors (Lipinski definition) is 4. The Kier molecular flexibility index (Phi) is 9.78. The highest BCUT2D eigenvalue weighted by Gasteiger charge is 2.26. The lowest BCUT2D eigenvalue weighted by Crippen LogP contribution is -2.12. The van der Waals surface area contributed by atoms with Crippen LogP contribution in [-0.2, 0) is 12.8 Å². The summed E-state index contributed by atoms with van der Waals surface area (Å²) in [7, 11) is 0. The molecule has 322 valence electrons. The first-order valence-electron chi connectivity index (χ1n) is 23.8. The van der Waals surface area contributed by atoms with Crippen LogP contribution in [0, 0.1) is 13.8 Å². The lowest BCUT2D eigenvalue weighted by atomic mass is 9.91. The topological polar surface area (TPSA) is 32.8 Å². The highest BCUT2D eigenvalue weighted by atomic mass is 16.3. The Morgan fingerprint density at radius 2 is 0.758 bits per heavy atom. The number of para-hydroxylation sites is 4. The molecule has 4 heteroatoms. The van der Waals surface area contributed by atoms with Crippen LogP contribution in [-0.4, -0.2) is 0 Å². The van der Waals surface area contributed by atoms with E-state index in [0.29, 0.717) is 0 Å². The predicted molar refractivity (Wildman–Crippen MR) is 281 cm³/mol. The summed E-state index contributed by atoms with van der Waals surface area (Å²) in [5.74, 6) is 0. The molecule has 0 radical (unpaired) electrons. The Hall–Kier alpha value is -7.56. The van der Waals surface area contributed by atoms with Crippen LogP contribution in [0.5, 0.6) is 0 Å². The van der Waals surface area contributed by atoms with Gasteiger partial charge in [0.05, 0.1) is 22.7 Å². The van der Waals surface area contributed by atoms with Crippen molar-refractivity contribution in [1.29, 1.82) is 0 Å². The smallest absolute Gasteiger partial charge is 0.159 e. The fourth-order valence-electron chi connectivity index (χ4n) is 10.7. The number of fused-ring (bicyclic) bond motifs is 6. The van der Waals surface area contributed by atoms with Gasteiger partial charge in [0, 0.05) is 43.7 Å². The Bertz CT molecular complexity index is 3550. The standard InChI is InChI=1S/C62H52N2O2/c1-5-7-17-43-19-11-23-47-49-25-13-27-55(61(49)65-59(43)47)63(45-21-9-15-39(3)37-45)53-35-31-41-30-34-52-54(36-32-42-29-33-51(53)57(41)58(42)52)64(46-22-10-16-40(4)38-46)56-28-14-26-50-48-24-12-20-44(18-8-6-2)60(48)66-62(50)56/h9-16,19-38H,5-8,17-18H2,1-4H3. The first-order chi connectivity index (χ1) is 32.5. The molecule has 0 fully saturated rings. The maximum atomic E-state index is 7.04. The molecule has 4 nitrogen and oxygen atoms in total. The fourth-order valence-corrected chi connectivity index (χ4v) is 10.7. The second-order valence-corrected chi connectivity index (χ2v) is 18.2. The van der Waals surface area contributed by atoms with Crippen molar-refractivity contribution in [2.45, 2.75) is 66.2 Å². The zero-order valence-corrected chi connectivity index (χ0v) is 38.1. The second-order valence-electron chi connectivity index (χ2n) is 18.2. The van der Waals surface area contributed by atoms with Gasteiger partial charge in [0.2, 0.25) is 0 Å². The van der Waals surface area contributed by atoms with Gasteiger partial charge in [0.15, 0.2) is 11.2 Å². The summed E-state index contributed by atoms with van der Waals surface area (Å²) in [6.07, 6.45) is 6.52. The van der Waals surface area contributed by atoms with Crippen LogP contribution in [0.25, 0.3) is 76.2 Å². The average Bonchev–Trinajstić information content (AvgIpc) is 3.93. The summed E-state index contributed by atoms with van der Waals surface area (Å²) in [5, 5.41) is 11.9. The van der Waals surface area contributed by atoms with Crippen LogP contribution < -0.4 is 9.80 Å². The van der Waals surface area contributed by atoms with E-state index in [0.717, 1.165) is 106 Å². The molecule has 0 bridgehead atoms. The number of nitrogens with zero attached hydrogens (tertiary/aromatic N) is 2. The summed E-state index contributed by atoms with van der Waals surface area (Å²) in [5.41, 5.74) is 15.2. The summed E-state index contributed by atoms with van der Waals surface area (Å²) in [6.45, 7) is 8.85. The van der Waals surface area contributed by atoms with Gasteiger partial charge in [0.1, 0.15) is 11.2 Å². The predicted octanol–water partition coefficient (Wildman–Crippen LogP) is 18.6. The van der Waals surface area contributed by atoms with Crippen molar-refractivity contribution in [2.24, 2.45) is 0 Å². The van der Waals surface area contributed by atoms with Crippen LogP contribution in [0.3, 0.4) is 0 Å². The third kappa shape index (κ3) is 6.42. The van der Waals surface area contributed by atoms with Crippen molar-refractivity contribution < 1.29 is 8.83 Å². The van der Waals surface area contributed by atoms with E-state index in [4.69, 9.17) is 8.83 Å². The number of furan rings is 2. The minimum atomic E-state index is 0.900. The van der Waals surface area contributed by atoms with Gasteiger partial charge in [-0.1, -0.05) is 148 Å². The molecule has 0 aliphatic rings. The molecule has 10 aromatic carbocycles. The van der Waals surface area contributed by atoms with Gasteiger partial charge in [-0.15, -0.1) is 0 Å². The molecule has 0 unspecified atom stereocenters. The quantitative estimate of drug-likeness (QED) is 0.115. The maximum Gasteiger partial charge on any atom is 0.159 e.